The molecule has 0 aromatic carbocycles. The van der Waals surface area contributed by atoms with E-state index in [-0.39, 0.29) is 18.3 Å². The number of ether oxygens (including phenoxy) is 2. The maximum Gasteiger partial charge on any atom is 0.410 e. The Labute approximate surface area is 125 Å². The maximum atomic E-state index is 11.7. The Morgan fingerprint density at radius 3 is 2.61 bits per heavy atom. The Kier molecular flexibility index (Phi) is 6.49. The van der Waals surface area contributed by atoms with Gasteiger partial charge in [0, 0.05) is 21.2 Å². The Balaban J connectivity index is 2.17. The molecule has 0 radical (unpaired) electrons. The van der Waals surface area contributed by atoms with E-state index in [9.17, 15) is 4.79 Å². The fraction of sp³-hybridized carbons (Fsp3) is 0.909. The van der Waals surface area contributed by atoms with Crippen molar-refractivity contribution >= 4 is 36.5 Å². The van der Waals surface area contributed by atoms with Crippen molar-refractivity contribution in [3.63, 3.8) is 0 Å². The molecule has 1 saturated heterocycles. The van der Waals surface area contributed by atoms with E-state index in [0.29, 0.717) is 19.7 Å². The highest BCUT2D eigenvalue weighted by atomic mass is 127. The zero-order valence-electron chi connectivity index (χ0n) is 11.1. The molecule has 0 aromatic heterocycles. The minimum atomic E-state index is -0.443. The summed E-state index contributed by atoms with van der Waals surface area (Å²) in [4.78, 5) is 13.3. The van der Waals surface area contributed by atoms with E-state index in [0.717, 1.165) is 0 Å². The summed E-state index contributed by atoms with van der Waals surface area (Å²) >= 11 is 2.07. The van der Waals surface area contributed by atoms with Crippen LogP contribution in [0.3, 0.4) is 0 Å². The number of amides is 1. The van der Waals surface area contributed by atoms with Crippen molar-refractivity contribution in [3.05, 3.63) is 0 Å². The van der Waals surface area contributed by atoms with Gasteiger partial charge in [-0.25, -0.2) is 4.79 Å². The minimum Gasteiger partial charge on any atom is -0.444 e. The van der Waals surface area contributed by atoms with Gasteiger partial charge in [-0.05, 0) is 27.7 Å². The fourth-order valence-electron chi connectivity index (χ4n) is 1.49. The summed E-state index contributed by atoms with van der Waals surface area (Å²) in [5.41, 5.74) is -0.443. The number of hydrogen-bond acceptors (Lipinski definition) is 5. The fourth-order valence-corrected chi connectivity index (χ4v) is 2.17. The Hall–Kier alpha value is 0.270. The third-order valence-electron chi connectivity index (χ3n) is 2.27. The normalized spacial score (nSPS) is 18.4. The lowest BCUT2D eigenvalue weighted by Gasteiger charge is -2.40. The van der Waals surface area contributed by atoms with Gasteiger partial charge >= 0.3 is 6.09 Å². The summed E-state index contributed by atoms with van der Waals surface area (Å²) in [6, 6.07) is 0. The molecule has 18 heavy (non-hydrogen) atoms. The molecule has 1 aliphatic rings. The van der Waals surface area contributed by atoms with Gasteiger partial charge in [-0.3, -0.25) is 0 Å². The molecule has 1 fully saturated rings. The van der Waals surface area contributed by atoms with E-state index in [1.54, 1.807) is 4.90 Å². The molecular weight excluding hydrogens is 369 g/mol. The van der Waals surface area contributed by atoms with Crippen LogP contribution in [-0.2, 0) is 13.7 Å². The molecule has 7 heteroatoms. The maximum absolute atomic E-state index is 11.7. The lowest BCUT2D eigenvalue weighted by Crippen LogP contribution is -2.56. The first kappa shape index (κ1) is 16.3. The molecule has 1 unspecified atom stereocenters. The number of rotatable bonds is 5. The summed E-state index contributed by atoms with van der Waals surface area (Å²) in [5.74, 6) is 0. The van der Waals surface area contributed by atoms with Crippen molar-refractivity contribution in [3.8, 4) is 0 Å². The number of carbonyl (C=O) groups excluding carboxylic acids is 1. The van der Waals surface area contributed by atoms with Crippen molar-refractivity contribution in [1.82, 2.24) is 4.90 Å². The van der Waals surface area contributed by atoms with Gasteiger partial charge in [0.05, 0.1) is 41.1 Å². The van der Waals surface area contributed by atoms with E-state index in [2.05, 4.69) is 21.2 Å². The van der Waals surface area contributed by atoms with Gasteiger partial charge in [0.15, 0.2) is 0 Å². The van der Waals surface area contributed by atoms with Crippen LogP contribution in [0.1, 0.15) is 27.7 Å². The highest BCUT2D eigenvalue weighted by molar-refractivity contribution is 14.2. The van der Waals surface area contributed by atoms with Gasteiger partial charge < -0.3 is 18.6 Å². The standard InChI is InChI=1S/C11H20INO4S/c1-8(7-15-18-12)16-9-5-13(6-9)10(14)17-11(2,3)4/h8-9H,5-7H2,1-4H3. The third kappa shape index (κ3) is 5.94. The molecule has 0 aromatic rings. The molecule has 1 heterocycles. The van der Waals surface area contributed by atoms with Crippen LogP contribution in [-0.4, -0.2) is 48.5 Å². The van der Waals surface area contributed by atoms with Crippen LogP contribution in [0.15, 0.2) is 0 Å². The van der Waals surface area contributed by atoms with Gasteiger partial charge in [-0.15, -0.1) is 0 Å². The van der Waals surface area contributed by atoms with Gasteiger partial charge in [-0.1, -0.05) is 0 Å². The van der Waals surface area contributed by atoms with Gasteiger partial charge in [0.1, 0.15) is 5.60 Å². The van der Waals surface area contributed by atoms with E-state index < -0.39 is 5.60 Å². The summed E-state index contributed by atoms with van der Waals surface area (Å²) in [7, 11) is 1.30. The molecule has 106 valence electrons. The summed E-state index contributed by atoms with van der Waals surface area (Å²) < 4.78 is 16.1. The first-order chi connectivity index (χ1) is 8.31. The van der Waals surface area contributed by atoms with Crippen LogP contribution in [0.5, 0.6) is 0 Å². The average Bonchev–Trinajstić information content (AvgIpc) is 2.16. The van der Waals surface area contributed by atoms with Gasteiger partial charge in [-0.2, -0.15) is 0 Å². The average molecular weight is 389 g/mol. The highest BCUT2D eigenvalue weighted by Gasteiger charge is 2.35. The van der Waals surface area contributed by atoms with E-state index in [4.69, 9.17) is 13.7 Å². The van der Waals surface area contributed by atoms with Crippen LogP contribution in [0, 0.1) is 0 Å². The van der Waals surface area contributed by atoms with Gasteiger partial charge in [0.2, 0.25) is 0 Å². The quantitative estimate of drug-likeness (QED) is 0.535. The summed E-state index contributed by atoms with van der Waals surface area (Å²) in [6.45, 7) is 9.28. The van der Waals surface area contributed by atoms with E-state index >= 15 is 0 Å². The number of nitrogens with zero attached hydrogens (tertiary/aromatic N) is 1. The zero-order valence-corrected chi connectivity index (χ0v) is 14.1. The molecule has 1 amide bonds. The SMILES string of the molecule is CC(COSI)OC1CN(C(=O)OC(C)(C)C)C1. The molecule has 0 saturated carbocycles. The topological polar surface area (TPSA) is 48.0 Å². The second kappa shape index (κ2) is 7.16. The first-order valence-corrected chi connectivity index (χ1v) is 9.14. The van der Waals surface area contributed by atoms with Crippen molar-refractivity contribution < 1.29 is 18.5 Å². The Morgan fingerprint density at radius 1 is 1.50 bits per heavy atom. The molecule has 1 aliphatic heterocycles. The number of likely N-dealkylation sites (tertiary alicyclic amines) is 1. The lowest BCUT2D eigenvalue weighted by atomic mass is 10.1. The van der Waals surface area contributed by atoms with Crippen molar-refractivity contribution in [2.45, 2.75) is 45.5 Å². The van der Waals surface area contributed by atoms with Crippen LogP contribution in [0.4, 0.5) is 4.79 Å². The molecule has 5 nitrogen and oxygen atoms in total. The summed E-state index contributed by atoms with van der Waals surface area (Å²) in [5, 5.41) is 0. The summed E-state index contributed by atoms with van der Waals surface area (Å²) in [6.07, 6.45) is -0.137. The molecule has 0 bridgehead atoms. The molecule has 1 rings (SSSR count). The van der Waals surface area contributed by atoms with Crippen molar-refractivity contribution in [1.29, 1.82) is 0 Å². The lowest BCUT2D eigenvalue weighted by molar-refractivity contribution is -0.0953. The number of carbonyl (C=O) groups is 1. The van der Waals surface area contributed by atoms with Crippen molar-refractivity contribution in [2.24, 2.45) is 0 Å². The highest BCUT2D eigenvalue weighted by Crippen LogP contribution is 2.19. The largest absolute Gasteiger partial charge is 0.444 e. The molecular formula is C11H20INO4S. The molecule has 0 N–H and O–H groups in total. The Morgan fingerprint density at radius 2 is 2.11 bits per heavy atom. The predicted octanol–water partition coefficient (Wildman–Crippen LogP) is 3.03. The van der Waals surface area contributed by atoms with Crippen LogP contribution in [0.25, 0.3) is 0 Å². The molecule has 1 atom stereocenters. The first-order valence-electron chi connectivity index (χ1n) is 5.85. The third-order valence-corrected chi connectivity index (χ3v) is 3.26. The molecule has 0 spiro atoms. The second-order valence-corrected chi connectivity index (χ2v) is 6.74. The zero-order chi connectivity index (χ0) is 13.8. The monoisotopic (exact) mass is 389 g/mol. The van der Waals surface area contributed by atoms with E-state index in [1.165, 1.54) is 9.21 Å². The van der Waals surface area contributed by atoms with Crippen LogP contribution < -0.4 is 0 Å². The number of halogens is 1. The van der Waals surface area contributed by atoms with E-state index in [1.807, 2.05) is 27.7 Å². The van der Waals surface area contributed by atoms with Crippen molar-refractivity contribution in [2.75, 3.05) is 19.7 Å². The Bertz CT molecular complexity index is 279. The minimum absolute atomic E-state index is 0.0399. The smallest absolute Gasteiger partial charge is 0.410 e. The predicted molar refractivity (Wildman–Crippen MR) is 79.7 cm³/mol. The van der Waals surface area contributed by atoms with Gasteiger partial charge in [0.25, 0.3) is 0 Å². The number of hydrogen-bond donors (Lipinski definition) is 0. The second-order valence-electron chi connectivity index (χ2n) is 5.30. The molecule has 0 aliphatic carbocycles. The van der Waals surface area contributed by atoms with Crippen LogP contribution in [0.2, 0.25) is 0 Å². The van der Waals surface area contributed by atoms with Crippen LogP contribution >= 0.6 is 30.4 Å².